The molecule has 3 aromatic rings. The van der Waals surface area contributed by atoms with Gasteiger partial charge in [-0.2, -0.15) is 0 Å². The van der Waals surface area contributed by atoms with E-state index in [1.165, 1.54) is 12.0 Å². The second kappa shape index (κ2) is 8.79. The first-order valence-electron chi connectivity index (χ1n) is 8.58. The zero-order valence-electron chi connectivity index (χ0n) is 15.3. The standard InChI is InChI=1S/C21H20N4O3/c1-28-14-20(26)25(17-5-4-12-23-13-17)16-10-8-15(9-11-16)21(27)24-19-7-3-2-6-18(19)22/h2-13H,14,22H2,1H3,(H,24,27). The molecular formula is C21H20N4O3. The summed E-state index contributed by atoms with van der Waals surface area (Å²) in [5, 5.41) is 2.78. The van der Waals surface area contributed by atoms with E-state index in [0.29, 0.717) is 28.3 Å². The number of para-hydroxylation sites is 2. The number of nitrogen functional groups attached to an aromatic ring is 1. The maximum Gasteiger partial charge on any atom is 0.257 e. The number of nitrogens with one attached hydrogen (secondary N) is 1. The summed E-state index contributed by atoms with van der Waals surface area (Å²) in [6, 6.07) is 17.2. The van der Waals surface area contributed by atoms with Crippen LogP contribution in [-0.4, -0.2) is 30.5 Å². The molecule has 0 saturated carbocycles. The van der Waals surface area contributed by atoms with Crippen LogP contribution >= 0.6 is 0 Å². The van der Waals surface area contributed by atoms with Crippen molar-refractivity contribution in [3.63, 3.8) is 0 Å². The molecule has 7 heteroatoms. The van der Waals surface area contributed by atoms with E-state index in [0.717, 1.165) is 0 Å². The number of rotatable bonds is 6. The van der Waals surface area contributed by atoms with Crippen molar-refractivity contribution < 1.29 is 14.3 Å². The number of anilines is 4. The molecule has 0 fully saturated rings. The first-order valence-corrected chi connectivity index (χ1v) is 8.58. The highest BCUT2D eigenvalue weighted by molar-refractivity contribution is 6.06. The average Bonchev–Trinajstić information content (AvgIpc) is 2.71. The predicted molar refractivity (Wildman–Crippen MR) is 109 cm³/mol. The Morgan fingerprint density at radius 2 is 1.79 bits per heavy atom. The number of methoxy groups -OCH3 is 1. The Kier molecular flexibility index (Phi) is 5.98. The van der Waals surface area contributed by atoms with Gasteiger partial charge in [0.1, 0.15) is 6.61 Å². The van der Waals surface area contributed by atoms with E-state index in [1.807, 2.05) is 0 Å². The summed E-state index contributed by atoms with van der Waals surface area (Å²) < 4.78 is 4.98. The third-order valence-corrected chi connectivity index (χ3v) is 4.02. The molecule has 0 saturated heterocycles. The molecule has 0 bridgehead atoms. The number of amides is 2. The molecule has 28 heavy (non-hydrogen) atoms. The van der Waals surface area contributed by atoms with Crippen LogP contribution in [0.3, 0.4) is 0 Å². The van der Waals surface area contributed by atoms with Gasteiger partial charge in [-0.25, -0.2) is 0 Å². The number of nitrogens with zero attached hydrogens (tertiary/aromatic N) is 2. The van der Waals surface area contributed by atoms with Crippen LogP contribution in [0.25, 0.3) is 0 Å². The first kappa shape index (κ1) is 19.1. The Labute approximate surface area is 162 Å². The lowest BCUT2D eigenvalue weighted by Crippen LogP contribution is -2.29. The molecule has 0 radical (unpaired) electrons. The summed E-state index contributed by atoms with van der Waals surface area (Å²) in [4.78, 5) is 30.6. The summed E-state index contributed by atoms with van der Waals surface area (Å²) in [6.07, 6.45) is 3.22. The van der Waals surface area contributed by atoms with Crippen molar-refractivity contribution >= 4 is 34.6 Å². The van der Waals surface area contributed by atoms with Gasteiger partial charge >= 0.3 is 0 Å². The highest BCUT2D eigenvalue weighted by Gasteiger charge is 2.18. The number of carbonyl (C=O) groups excluding carboxylic acids is 2. The fourth-order valence-electron chi connectivity index (χ4n) is 2.68. The molecule has 1 aromatic heterocycles. The van der Waals surface area contributed by atoms with Gasteiger partial charge in [-0.1, -0.05) is 12.1 Å². The van der Waals surface area contributed by atoms with E-state index in [-0.39, 0.29) is 18.4 Å². The quantitative estimate of drug-likeness (QED) is 0.644. The fraction of sp³-hybridized carbons (Fsp3) is 0.0952. The van der Waals surface area contributed by atoms with Gasteiger partial charge in [-0.05, 0) is 48.5 Å². The van der Waals surface area contributed by atoms with Crippen molar-refractivity contribution in [2.24, 2.45) is 0 Å². The van der Waals surface area contributed by atoms with E-state index in [9.17, 15) is 9.59 Å². The second-order valence-electron chi connectivity index (χ2n) is 5.96. The van der Waals surface area contributed by atoms with E-state index in [4.69, 9.17) is 10.5 Å². The molecule has 142 valence electrons. The largest absolute Gasteiger partial charge is 0.397 e. The van der Waals surface area contributed by atoms with Gasteiger partial charge in [0.25, 0.3) is 11.8 Å². The number of benzene rings is 2. The van der Waals surface area contributed by atoms with Crippen molar-refractivity contribution in [3.8, 4) is 0 Å². The molecule has 3 N–H and O–H groups in total. The molecule has 0 aliphatic carbocycles. The lowest BCUT2D eigenvalue weighted by molar-refractivity contribution is -0.121. The van der Waals surface area contributed by atoms with Crippen molar-refractivity contribution in [3.05, 3.63) is 78.6 Å². The summed E-state index contributed by atoms with van der Waals surface area (Å²) in [6.45, 7) is -0.0790. The van der Waals surface area contributed by atoms with Crippen LogP contribution in [0.5, 0.6) is 0 Å². The number of nitrogens with two attached hydrogens (primary N) is 1. The van der Waals surface area contributed by atoms with Gasteiger partial charge in [0, 0.05) is 24.6 Å². The Morgan fingerprint density at radius 3 is 2.43 bits per heavy atom. The molecule has 0 spiro atoms. The highest BCUT2D eigenvalue weighted by Crippen LogP contribution is 2.26. The molecule has 0 atom stereocenters. The molecule has 7 nitrogen and oxygen atoms in total. The van der Waals surface area contributed by atoms with Crippen molar-refractivity contribution in [2.45, 2.75) is 0 Å². The molecule has 2 amide bonds. The minimum atomic E-state index is -0.291. The normalized spacial score (nSPS) is 10.3. The SMILES string of the molecule is COCC(=O)N(c1ccc(C(=O)Nc2ccccc2N)cc1)c1cccnc1. The number of ether oxygens (including phenoxy) is 1. The van der Waals surface area contributed by atoms with Gasteiger partial charge in [0.2, 0.25) is 0 Å². The Bertz CT molecular complexity index is 959. The van der Waals surface area contributed by atoms with Crippen molar-refractivity contribution in [1.29, 1.82) is 0 Å². The molecule has 0 aliphatic heterocycles. The molecule has 3 rings (SSSR count). The number of hydrogen-bond acceptors (Lipinski definition) is 5. The number of aromatic nitrogens is 1. The minimum Gasteiger partial charge on any atom is -0.397 e. The van der Waals surface area contributed by atoms with Crippen LogP contribution in [0.15, 0.2) is 73.1 Å². The number of pyridine rings is 1. The highest BCUT2D eigenvalue weighted by atomic mass is 16.5. The van der Waals surface area contributed by atoms with Crippen LogP contribution in [0.1, 0.15) is 10.4 Å². The summed E-state index contributed by atoms with van der Waals surface area (Å²) in [5.74, 6) is -0.537. The second-order valence-corrected chi connectivity index (χ2v) is 5.96. The van der Waals surface area contributed by atoms with Crippen LogP contribution in [0.4, 0.5) is 22.7 Å². The van der Waals surface area contributed by atoms with Gasteiger partial charge in [0.15, 0.2) is 0 Å². The number of carbonyl (C=O) groups is 2. The third-order valence-electron chi connectivity index (χ3n) is 4.02. The van der Waals surface area contributed by atoms with Gasteiger partial charge in [-0.15, -0.1) is 0 Å². The predicted octanol–water partition coefficient (Wildman–Crippen LogP) is 3.23. The summed E-state index contributed by atoms with van der Waals surface area (Å²) >= 11 is 0. The Balaban J connectivity index is 1.84. The maximum atomic E-state index is 12.5. The van der Waals surface area contributed by atoms with Gasteiger partial charge in [0.05, 0.1) is 23.3 Å². The average molecular weight is 376 g/mol. The van der Waals surface area contributed by atoms with Crippen molar-refractivity contribution in [2.75, 3.05) is 29.7 Å². The Morgan fingerprint density at radius 1 is 1.04 bits per heavy atom. The van der Waals surface area contributed by atoms with Crippen molar-refractivity contribution in [1.82, 2.24) is 4.98 Å². The van der Waals surface area contributed by atoms with Gasteiger partial charge < -0.3 is 15.8 Å². The maximum absolute atomic E-state index is 12.5. The zero-order chi connectivity index (χ0) is 19.9. The molecule has 0 aliphatic rings. The monoisotopic (exact) mass is 376 g/mol. The van der Waals surface area contributed by atoms with E-state index in [2.05, 4.69) is 10.3 Å². The lowest BCUT2D eigenvalue weighted by Gasteiger charge is -2.22. The lowest BCUT2D eigenvalue weighted by atomic mass is 10.1. The topological polar surface area (TPSA) is 97.5 Å². The van der Waals surface area contributed by atoms with Crippen LogP contribution in [0, 0.1) is 0 Å². The first-order chi connectivity index (χ1) is 13.6. The molecule has 0 unspecified atom stereocenters. The summed E-state index contributed by atoms with van der Waals surface area (Å²) in [7, 11) is 1.46. The van der Waals surface area contributed by atoms with Crippen LogP contribution in [0.2, 0.25) is 0 Å². The third kappa shape index (κ3) is 4.33. The van der Waals surface area contributed by atoms with Gasteiger partial charge in [-0.3, -0.25) is 19.5 Å². The van der Waals surface area contributed by atoms with E-state index in [1.54, 1.807) is 73.1 Å². The molecular weight excluding hydrogens is 356 g/mol. The molecule has 1 heterocycles. The fourth-order valence-corrected chi connectivity index (χ4v) is 2.68. The van der Waals surface area contributed by atoms with Crippen LogP contribution in [-0.2, 0) is 9.53 Å². The van der Waals surface area contributed by atoms with E-state index >= 15 is 0 Å². The minimum absolute atomic E-state index is 0.0790. The smallest absolute Gasteiger partial charge is 0.257 e. The Hall–Kier alpha value is -3.71. The van der Waals surface area contributed by atoms with E-state index < -0.39 is 0 Å². The summed E-state index contributed by atoms with van der Waals surface area (Å²) in [5.41, 5.74) is 8.55. The zero-order valence-corrected chi connectivity index (χ0v) is 15.3. The molecule has 2 aromatic carbocycles. The van der Waals surface area contributed by atoms with Crippen LogP contribution < -0.4 is 16.0 Å². The number of hydrogen-bond donors (Lipinski definition) is 2.